The van der Waals surface area contributed by atoms with Gasteiger partial charge in [-0.1, -0.05) is 0 Å². The molecule has 0 rings (SSSR count). The van der Waals surface area contributed by atoms with Crippen molar-refractivity contribution in [2.45, 2.75) is 6.18 Å². The van der Waals surface area contributed by atoms with Gasteiger partial charge in [0.2, 0.25) is 0 Å². The summed E-state index contributed by atoms with van der Waals surface area (Å²) < 4.78 is 53.4. The molecule has 0 aliphatic rings. The fourth-order valence-corrected chi connectivity index (χ4v) is 1.37. The van der Waals surface area contributed by atoms with Crippen LogP contribution in [0.3, 0.4) is 0 Å². The number of nitrogens with two attached hydrogens (primary N) is 1. The highest BCUT2D eigenvalue weighted by atomic mass is 32.2. The van der Waals surface area contributed by atoms with Gasteiger partial charge >= 0.3 is 6.18 Å². The van der Waals surface area contributed by atoms with Crippen molar-refractivity contribution in [2.75, 3.05) is 5.75 Å². The standard InChI is InChI=1S/C4H6F3NO3S/c5-4(6,7)2-12(10,11)1-3(8)9/h1H,2H2,(H2,8,9)(H,10,11). The Kier molecular flexibility index (Phi) is 3.10. The van der Waals surface area contributed by atoms with Gasteiger partial charge in [0.05, 0.1) is 15.2 Å². The monoisotopic (exact) mass is 205 g/mol. The summed E-state index contributed by atoms with van der Waals surface area (Å²) in [5.74, 6) is -3.31. The second-order valence-corrected chi connectivity index (χ2v) is 3.87. The van der Waals surface area contributed by atoms with E-state index >= 15 is 0 Å². The Labute approximate surface area is 66.4 Å². The van der Waals surface area contributed by atoms with Gasteiger partial charge in [-0.05, 0) is 0 Å². The van der Waals surface area contributed by atoms with Crippen LogP contribution in [-0.2, 0) is 14.6 Å². The Morgan fingerprint density at radius 2 is 2.00 bits per heavy atom. The van der Waals surface area contributed by atoms with E-state index in [2.05, 4.69) is 5.73 Å². The maximum absolute atomic E-state index is 11.5. The topological polar surface area (TPSA) is 80.4 Å². The number of amides is 1. The second kappa shape index (κ2) is 3.31. The lowest BCUT2D eigenvalue weighted by Gasteiger charge is -2.06. The van der Waals surface area contributed by atoms with Crippen LogP contribution in [0.2, 0.25) is 0 Å². The second-order valence-electron chi connectivity index (χ2n) is 1.97. The molecule has 8 heteroatoms. The van der Waals surface area contributed by atoms with Crippen molar-refractivity contribution in [3.05, 3.63) is 0 Å². The van der Waals surface area contributed by atoms with Crippen molar-refractivity contribution in [2.24, 2.45) is 5.73 Å². The third-order valence-electron chi connectivity index (χ3n) is 0.671. The van der Waals surface area contributed by atoms with Crippen molar-refractivity contribution in [3.63, 3.8) is 0 Å². The maximum atomic E-state index is 11.5. The largest absolute Gasteiger partial charge is 0.401 e. The van der Waals surface area contributed by atoms with Crippen LogP contribution < -0.4 is 5.73 Å². The Morgan fingerprint density at radius 3 is 2.25 bits per heavy atom. The van der Waals surface area contributed by atoms with Crippen LogP contribution in [0.15, 0.2) is 0 Å². The van der Waals surface area contributed by atoms with E-state index in [1.54, 1.807) is 0 Å². The lowest BCUT2D eigenvalue weighted by molar-refractivity contribution is -0.111. The van der Waals surface area contributed by atoms with E-state index in [0.717, 1.165) is 0 Å². The molecule has 0 aromatic rings. The molecule has 0 aromatic heterocycles. The van der Waals surface area contributed by atoms with Crippen LogP contribution in [0.5, 0.6) is 0 Å². The minimum Gasteiger partial charge on any atom is -0.366 e. The average Bonchev–Trinajstić information content (AvgIpc) is 1.48. The Balaban J connectivity index is 4.67. The van der Waals surface area contributed by atoms with E-state index in [-0.39, 0.29) is 5.37 Å². The highest BCUT2D eigenvalue weighted by Gasteiger charge is 2.32. The van der Waals surface area contributed by atoms with E-state index in [9.17, 15) is 22.2 Å². The normalized spacial score (nSPS) is 16.7. The van der Waals surface area contributed by atoms with E-state index in [4.69, 9.17) is 4.55 Å². The molecular weight excluding hydrogens is 199 g/mol. The summed E-state index contributed by atoms with van der Waals surface area (Å²) in [6.07, 6.45) is -4.79. The Bertz CT molecular complexity index is 288. The molecule has 0 bridgehead atoms. The molecule has 1 amide bonds. The Hall–Kier alpha value is -0.760. The molecule has 0 aliphatic heterocycles. The summed E-state index contributed by atoms with van der Waals surface area (Å²) in [4.78, 5) is 9.96. The van der Waals surface area contributed by atoms with Gasteiger partial charge in [-0.15, -0.1) is 0 Å². The number of alkyl halides is 3. The van der Waals surface area contributed by atoms with Crippen molar-refractivity contribution in [1.82, 2.24) is 0 Å². The van der Waals surface area contributed by atoms with Crippen LogP contribution in [0.4, 0.5) is 13.2 Å². The third kappa shape index (κ3) is 5.98. The number of carbonyl (C=O) groups is 1. The van der Waals surface area contributed by atoms with Gasteiger partial charge in [-0.3, -0.25) is 4.79 Å². The molecular formula is C4H6F3NO3S. The number of primary amides is 1. The molecule has 0 spiro atoms. The van der Waals surface area contributed by atoms with Crippen LogP contribution >= 0.6 is 0 Å². The minimum atomic E-state index is -4.79. The van der Waals surface area contributed by atoms with Gasteiger partial charge in [0.25, 0.3) is 5.91 Å². The zero-order valence-electron chi connectivity index (χ0n) is 5.67. The summed E-state index contributed by atoms with van der Waals surface area (Å²) in [6.45, 7) is 0. The zero-order valence-corrected chi connectivity index (χ0v) is 6.48. The van der Waals surface area contributed by atoms with Crippen LogP contribution in [0, 0.1) is 0 Å². The molecule has 12 heavy (non-hydrogen) atoms. The average molecular weight is 205 g/mol. The molecule has 0 saturated carbocycles. The number of halogens is 3. The molecule has 0 radical (unpaired) electrons. The number of rotatable bonds is 2. The molecule has 1 unspecified atom stereocenters. The van der Waals surface area contributed by atoms with Crippen molar-refractivity contribution < 1.29 is 26.7 Å². The van der Waals surface area contributed by atoms with Crippen molar-refractivity contribution in [1.29, 1.82) is 0 Å². The molecule has 4 nitrogen and oxygen atoms in total. The van der Waals surface area contributed by atoms with Gasteiger partial charge in [0, 0.05) is 0 Å². The minimum absolute atomic E-state index is 0.0412. The first-order valence-electron chi connectivity index (χ1n) is 2.58. The summed E-state index contributed by atoms with van der Waals surface area (Å²) in [5.41, 5.74) is 4.40. The smallest absolute Gasteiger partial charge is 0.366 e. The van der Waals surface area contributed by atoms with Gasteiger partial charge in [0.1, 0.15) is 5.75 Å². The Morgan fingerprint density at radius 1 is 1.58 bits per heavy atom. The number of hydrogen-bond donors (Lipinski definition) is 2. The molecule has 0 fully saturated rings. The number of carbonyl (C=O) groups excluding carboxylic acids is 1. The maximum Gasteiger partial charge on any atom is 0.401 e. The summed E-state index contributed by atoms with van der Waals surface area (Å²) in [7, 11) is -4.31. The van der Waals surface area contributed by atoms with Crippen LogP contribution in [0.25, 0.3) is 0 Å². The van der Waals surface area contributed by atoms with Crippen molar-refractivity contribution in [3.8, 4) is 0 Å². The zero-order chi connectivity index (χ0) is 9.99. The predicted octanol–water partition coefficient (Wildman–Crippen LogP) is -0.406. The van der Waals surface area contributed by atoms with Crippen LogP contribution in [-0.4, -0.2) is 32.0 Å². The van der Waals surface area contributed by atoms with E-state index in [0.29, 0.717) is 0 Å². The van der Waals surface area contributed by atoms with E-state index in [1.165, 1.54) is 0 Å². The lowest BCUT2D eigenvalue weighted by atomic mass is 10.8. The summed E-state index contributed by atoms with van der Waals surface area (Å²) in [5, 5.41) is -0.0412. The molecule has 0 aromatic carbocycles. The summed E-state index contributed by atoms with van der Waals surface area (Å²) in [6, 6.07) is 0. The van der Waals surface area contributed by atoms with Gasteiger partial charge in [-0.2, -0.15) is 13.2 Å². The quantitative estimate of drug-likeness (QED) is 0.601. The van der Waals surface area contributed by atoms with E-state index in [1.807, 2.05) is 0 Å². The van der Waals surface area contributed by atoms with E-state index < -0.39 is 27.6 Å². The fraction of sp³-hybridized carbons (Fsp3) is 0.500. The first kappa shape index (κ1) is 11.2. The molecule has 72 valence electrons. The highest BCUT2D eigenvalue weighted by Crippen LogP contribution is 2.16. The van der Waals surface area contributed by atoms with Crippen LogP contribution in [0.1, 0.15) is 0 Å². The highest BCUT2D eigenvalue weighted by molar-refractivity contribution is 7.97. The summed E-state index contributed by atoms with van der Waals surface area (Å²) >= 11 is 0. The lowest BCUT2D eigenvalue weighted by Crippen LogP contribution is -2.27. The molecule has 0 saturated heterocycles. The molecule has 0 aliphatic carbocycles. The first-order chi connectivity index (χ1) is 5.12. The molecule has 0 heterocycles. The van der Waals surface area contributed by atoms with Gasteiger partial charge < -0.3 is 10.3 Å². The molecule has 3 N–H and O–H groups in total. The fourth-order valence-electron chi connectivity index (χ4n) is 0.458. The molecule has 1 atom stereocenters. The van der Waals surface area contributed by atoms with Gasteiger partial charge in [0.15, 0.2) is 0 Å². The predicted molar refractivity (Wildman–Crippen MR) is 37.0 cm³/mol. The number of hydrogen-bond acceptors (Lipinski definition) is 2. The SMILES string of the molecule is NC(=O)C=S(=O)(O)CC(F)(F)F. The van der Waals surface area contributed by atoms with Crippen molar-refractivity contribution >= 4 is 21.1 Å². The third-order valence-corrected chi connectivity index (χ3v) is 2.01. The van der Waals surface area contributed by atoms with Gasteiger partial charge in [-0.25, -0.2) is 4.21 Å². The first-order valence-corrected chi connectivity index (χ1v) is 4.32.